The van der Waals surface area contributed by atoms with E-state index in [0.717, 1.165) is 6.26 Å². The molecule has 1 saturated heterocycles. The Morgan fingerprint density at radius 2 is 1.82 bits per heavy atom. The van der Waals surface area contributed by atoms with Crippen LogP contribution in [0.15, 0.2) is 29.2 Å². The van der Waals surface area contributed by atoms with Gasteiger partial charge in [0.05, 0.1) is 4.90 Å². The van der Waals surface area contributed by atoms with Crippen molar-refractivity contribution < 1.29 is 22.7 Å². The normalized spacial score (nSPS) is 20.5. The monoisotopic (exact) mass is 325 g/mol. The van der Waals surface area contributed by atoms with E-state index in [2.05, 4.69) is 0 Å². The van der Waals surface area contributed by atoms with Crippen LogP contribution in [0.2, 0.25) is 0 Å². The molecule has 0 saturated carbocycles. The summed E-state index contributed by atoms with van der Waals surface area (Å²) in [7, 11) is -1.76. The highest BCUT2D eigenvalue weighted by Crippen LogP contribution is 2.29. The highest BCUT2D eigenvalue weighted by atomic mass is 32.2. The number of likely N-dealkylation sites (N-methyl/N-ethyl adjacent to an activating group) is 1. The minimum atomic E-state index is -3.30. The molecule has 0 bridgehead atoms. The highest BCUT2D eigenvalue weighted by Gasteiger charge is 2.43. The summed E-state index contributed by atoms with van der Waals surface area (Å²) in [5.74, 6) is -0.770. The average Bonchev–Trinajstić information content (AvgIpc) is 2.69. The van der Waals surface area contributed by atoms with Crippen molar-refractivity contribution in [1.29, 1.82) is 0 Å². The van der Waals surface area contributed by atoms with E-state index in [1.807, 2.05) is 0 Å². The third-order valence-electron chi connectivity index (χ3n) is 3.65. The summed E-state index contributed by atoms with van der Waals surface area (Å²) >= 11 is 0. The van der Waals surface area contributed by atoms with Gasteiger partial charge in [0.2, 0.25) is 0 Å². The molecule has 1 fully saturated rings. The van der Waals surface area contributed by atoms with Crippen LogP contribution < -0.4 is 0 Å². The summed E-state index contributed by atoms with van der Waals surface area (Å²) in [6, 6.07) is 5.03. The molecule has 7 heteroatoms. The summed E-state index contributed by atoms with van der Waals surface area (Å²) in [6.45, 7) is 3.59. The van der Waals surface area contributed by atoms with Crippen LogP contribution in [0.4, 0.5) is 0 Å². The van der Waals surface area contributed by atoms with Gasteiger partial charge in [-0.05, 0) is 38.1 Å². The number of hydrogen-bond donors (Lipinski definition) is 0. The van der Waals surface area contributed by atoms with Crippen LogP contribution in [0.25, 0.3) is 0 Å². The number of benzene rings is 1. The quantitative estimate of drug-likeness (QED) is 0.782. The third kappa shape index (κ3) is 3.30. The van der Waals surface area contributed by atoms with E-state index in [0.29, 0.717) is 12.0 Å². The lowest BCUT2D eigenvalue weighted by atomic mass is 10.0. The molecule has 0 spiro atoms. The van der Waals surface area contributed by atoms with Gasteiger partial charge in [-0.15, -0.1) is 0 Å². The van der Waals surface area contributed by atoms with E-state index in [-0.39, 0.29) is 10.8 Å². The topological polar surface area (TPSA) is 80.8 Å². The molecule has 120 valence electrons. The maximum absolute atomic E-state index is 12.4. The number of cyclic esters (lactones) is 1. The zero-order valence-corrected chi connectivity index (χ0v) is 13.8. The van der Waals surface area contributed by atoms with E-state index >= 15 is 0 Å². The zero-order chi connectivity index (χ0) is 16.7. The molecule has 22 heavy (non-hydrogen) atoms. The average molecular weight is 325 g/mol. The molecule has 0 unspecified atom stereocenters. The van der Waals surface area contributed by atoms with E-state index in [1.54, 1.807) is 20.9 Å². The number of carbonyl (C=O) groups is 2. The SMILES string of the molecule is CN(C(=O)c1ccc(S(C)(=O)=O)cc1)[C@H]1CC(C)(C)OC1=O. The molecule has 0 aromatic heterocycles. The lowest BCUT2D eigenvalue weighted by Crippen LogP contribution is -2.40. The number of hydrogen-bond acceptors (Lipinski definition) is 5. The van der Waals surface area contributed by atoms with Gasteiger partial charge < -0.3 is 9.64 Å². The first-order chi connectivity index (χ1) is 10.0. The largest absolute Gasteiger partial charge is 0.458 e. The number of nitrogens with zero attached hydrogens (tertiary/aromatic N) is 1. The van der Waals surface area contributed by atoms with Crippen molar-refractivity contribution in [2.75, 3.05) is 13.3 Å². The predicted molar refractivity (Wildman–Crippen MR) is 80.2 cm³/mol. The van der Waals surface area contributed by atoms with Crippen LogP contribution in [0.1, 0.15) is 30.6 Å². The summed E-state index contributed by atoms with van der Waals surface area (Å²) in [4.78, 5) is 25.8. The summed E-state index contributed by atoms with van der Waals surface area (Å²) < 4.78 is 28.1. The maximum atomic E-state index is 12.4. The van der Waals surface area contributed by atoms with Gasteiger partial charge in [0.15, 0.2) is 9.84 Å². The van der Waals surface area contributed by atoms with Gasteiger partial charge in [-0.25, -0.2) is 13.2 Å². The Hall–Kier alpha value is -1.89. The molecule has 1 aromatic rings. The lowest BCUT2D eigenvalue weighted by Gasteiger charge is -2.22. The van der Waals surface area contributed by atoms with Crippen molar-refractivity contribution in [2.24, 2.45) is 0 Å². The van der Waals surface area contributed by atoms with Crippen LogP contribution in [-0.4, -0.2) is 50.1 Å². The first kappa shape index (κ1) is 16.5. The number of rotatable bonds is 3. The molecule has 1 heterocycles. The second-order valence-corrected chi connectivity index (χ2v) is 8.13. The van der Waals surface area contributed by atoms with Crippen molar-refractivity contribution in [3.63, 3.8) is 0 Å². The number of sulfone groups is 1. The fraction of sp³-hybridized carbons (Fsp3) is 0.467. The molecule has 0 aliphatic carbocycles. The van der Waals surface area contributed by atoms with E-state index in [9.17, 15) is 18.0 Å². The van der Waals surface area contributed by atoms with Gasteiger partial charge in [0, 0.05) is 25.3 Å². The maximum Gasteiger partial charge on any atom is 0.329 e. The molecule has 0 N–H and O–H groups in total. The summed E-state index contributed by atoms with van der Waals surface area (Å²) in [6.07, 6.45) is 1.53. The van der Waals surface area contributed by atoms with Gasteiger partial charge in [0.1, 0.15) is 11.6 Å². The Kier molecular flexibility index (Phi) is 4.04. The first-order valence-electron chi connectivity index (χ1n) is 6.81. The van der Waals surface area contributed by atoms with E-state index < -0.39 is 27.4 Å². The Morgan fingerprint density at radius 3 is 2.23 bits per heavy atom. The highest BCUT2D eigenvalue weighted by molar-refractivity contribution is 7.90. The molecule has 0 radical (unpaired) electrons. The van der Waals surface area contributed by atoms with Gasteiger partial charge >= 0.3 is 5.97 Å². The van der Waals surface area contributed by atoms with Crippen LogP contribution in [0.3, 0.4) is 0 Å². The van der Waals surface area contributed by atoms with Crippen LogP contribution in [0, 0.1) is 0 Å². The Bertz CT molecular complexity index is 706. The summed E-state index contributed by atoms with van der Waals surface area (Å²) in [5.41, 5.74) is -0.261. The smallest absolute Gasteiger partial charge is 0.329 e. The minimum absolute atomic E-state index is 0.146. The summed E-state index contributed by atoms with van der Waals surface area (Å²) in [5, 5.41) is 0. The van der Waals surface area contributed by atoms with Gasteiger partial charge in [-0.1, -0.05) is 0 Å². The predicted octanol–water partition coefficient (Wildman–Crippen LogP) is 1.26. The molecule has 1 aliphatic heterocycles. The number of amides is 1. The second kappa shape index (κ2) is 5.39. The van der Waals surface area contributed by atoms with Crippen molar-refractivity contribution in [1.82, 2.24) is 4.90 Å². The van der Waals surface area contributed by atoms with E-state index in [4.69, 9.17) is 4.74 Å². The minimum Gasteiger partial charge on any atom is -0.458 e. The van der Waals surface area contributed by atoms with Crippen molar-refractivity contribution in [3.05, 3.63) is 29.8 Å². The fourth-order valence-electron chi connectivity index (χ4n) is 2.42. The molecule has 2 rings (SSSR count). The number of carbonyl (C=O) groups excluding carboxylic acids is 2. The molecular formula is C15H19NO5S. The first-order valence-corrected chi connectivity index (χ1v) is 8.70. The Balaban J connectivity index is 2.20. The number of ether oxygens (including phenoxy) is 1. The molecule has 1 atom stereocenters. The lowest BCUT2D eigenvalue weighted by molar-refractivity contribution is -0.148. The van der Waals surface area contributed by atoms with Crippen molar-refractivity contribution >= 4 is 21.7 Å². The van der Waals surface area contributed by atoms with Crippen LogP contribution in [0.5, 0.6) is 0 Å². The molecule has 6 nitrogen and oxygen atoms in total. The molecule has 1 aliphatic rings. The molecule has 1 amide bonds. The van der Waals surface area contributed by atoms with Gasteiger partial charge in [-0.2, -0.15) is 0 Å². The zero-order valence-electron chi connectivity index (χ0n) is 13.0. The standard InChI is InChI=1S/C15H19NO5S/c1-15(2)9-12(14(18)21-15)16(3)13(17)10-5-7-11(8-6-10)22(4,19)20/h5-8,12H,9H2,1-4H3/t12-/m0/s1. The fourth-order valence-corrected chi connectivity index (χ4v) is 3.05. The van der Waals surface area contributed by atoms with Crippen molar-refractivity contribution in [3.8, 4) is 0 Å². The molecule has 1 aromatic carbocycles. The Morgan fingerprint density at radius 1 is 1.27 bits per heavy atom. The van der Waals surface area contributed by atoms with Crippen LogP contribution in [-0.2, 0) is 19.4 Å². The third-order valence-corrected chi connectivity index (χ3v) is 4.78. The van der Waals surface area contributed by atoms with Crippen LogP contribution >= 0.6 is 0 Å². The Labute approximate surface area is 130 Å². The van der Waals surface area contributed by atoms with Gasteiger partial charge in [0.25, 0.3) is 5.91 Å². The second-order valence-electron chi connectivity index (χ2n) is 6.11. The molecular weight excluding hydrogens is 306 g/mol. The van der Waals surface area contributed by atoms with E-state index in [1.165, 1.54) is 29.2 Å². The number of esters is 1. The van der Waals surface area contributed by atoms with Gasteiger partial charge in [-0.3, -0.25) is 4.79 Å². The van der Waals surface area contributed by atoms with Crippen molar-refractivity contribution in [2.45, 2.75) is 36.8 Å².